The number of amides is 1. The standard InChI is InChI=1S/C20H32N6O/c1-21-20(22-13-17-8-5-9-18(23-17)26(2)3)25-16-7-4-6-14(12-16)19(27)24-15-10-11-15/h5,8-9,14-16H,4,6-7,10-13H2,1-3H3,(H,24,27)(H2,21,22,25). The maximum atomic E-state index is 12.4. The van der Waals surface area contributed by atoms with E-state index in [1.54, 1.807) is 7.05 Å². The summed E-state index contributed by atoms with van der Waals surface area (Å²) in [6, 6.07) is 6.73. The molecule has 3 N–H and O–H groups in total. The van der Waals surface area contributed by atoms with Gasteiger partial charge in [0.15, 0.2) is 5.96 Å². The van der Waals surface area contributed by atoms with Crippen molar-refractivity contribution in [3.8, 4) is 0 Å². The summed E-state index contributed by atoms with van der Waals surface area (Å²) in [5.41, 5.74) is 0.967. The molecular weight excluding hydrogens is 340 g/mol. The largest absolute Gasteiger partial charge is 0.363 e. The molecule has 0 radical (unpaired) electrons. The fourth-order valence-electron chi connectivity index (χ4n) is 3.48. The van der Waals surface area contributed by atoms with Crippen molar-refractivity contribution >= 4 is 17.7 Å². The number of rotatable bonds is 6. The Hall–Kier alpha value is -2.31. The smallest absolute Gasteiger partial charge is 0.223 e. The third kappa shape index (κ3) is 5.84. The van der Waals surface area contributed by atoms with Crippen molar-refractivity contribution in [3.05, 3.63) is 23.9 Å². The Kier molecular flexibility index (Phi) is 6.53. The first-order chi connectivity index (χ1) is 13.0. The van der Waals surface area contributed by atoms with Crippen LogP contribution in [0.1, 0.15) is 44.2 Å². The van der Waals surface area contributed by atoms with Crippen molar-refractivity contribution < 1.29 is 4.79 Å². The zero-order chi connectivity index (χ0) is 19.2. The average molecular weight is 373 g/mol. The first-order valence-corrected chi connectivity index (χ1v) is 9.96. The van der Waals surface area contributed by atoms with Crippen LogP contribution in [0.15, 0.2) is 23.2 Å². The molecule has 0 aromatic carbocycles. The molecule has 2 fully saturated rings. The molecule has 2 unspecified atom stereocenters. The van der Waals surface area contributed by atoms with Gasteiger partial charge in [-0.3, -0.25) is 9.79 Å². The van der Waals surface area contributed by atoms with Crippen molar-refractivity contribution in [1.82, 2.24) is 20.9 Å². The number of pyridine rings is 1. The van der Waals surface area contributed by atoms with Crippen LogP contribution in [0.3, 0.4) is 0 Å². The van der Waals surface area contributed by atoms with Crippen LogP contribution in [0.5, 0.6) is 0 Å². The van der Waals surface area contributed by atoms with Crippen LogP contribution in [-0.2, 0) is 11.3 Å². The summed E-state index contributed by atoms with van der Waals surface area (Å²) in [6.07, 6.45) is 6.28. The van der Waals surface area contributed by atoms with E-state index < -0.39 is 0 Å². The molecule has 27 heavy (non-hydrogen) atoms. The van der Waals surface area contributed by atoms with Gasteiger partial charge in [-0.25, -0.2) is 4.98 Å². The number of nitrogens with one attached hydrogen (secondary N) is 3. The minimum atomic E-state index is 0.119. The van der Waals surface area contributed by atoms with Crippen molar-refractivity contribution in [2.75, 3.05) is 26.0 Å². The average Bonchev–Trinajstić information content (AvgIpc) is 3.49. The summed E-state index contributed by atoms with van der Waals surface area (Å²) < 4.78 is 0. The zero-order valence-electron chi connectivity index (χ0n) is 16.7. The van der Waals surface area contributed by atoms with Crippen LogP contribution in [0, 0.1) is 5.92 Å². The van der Waals surface area contributed by atoms with Gasteiger partial charge in [0.2, 0.25) is 5.91 Å². The maximum absolute atomic E-state index is 12.4. The highest BCUT2D eigenvalue weighted by Gasteiger charge is 2.31. The van der Waals surface area contributed by atoms with Crippen LogP contribution >= 0.6 is 0 Å². The van der Waals surface area contributed by atoms with Crippen LogP contribution < -0.4 is 20.9 Å². The van der Waals surface area contributed by atoms with Gasteiger partial charge in [0.25, 0.3) is 0 Å². The number of guanidine groups is 1. The molecule has 0 saturated heterocycles. The van der Waals surface area contributed by atoms with Crippen molar-refractivity contribution in [2.24, 2.45) is 10.9 Å². The van der Waals surface area contributed by atoms with E-state index in [1.165, 1.54) is 0 Å². The van der Waals surface area contributed by atoms with Crippen molar-refractivity contribution in [2.45, 2.75) is 57.2 Å². The number of carbonyl (C=O) groups excluding carboxylic acids is 1. The van der Waals surface area contributed by atoms with E-state index in [9.17, 15) is 4.79 Å². The third-order valence-electron chi connectivity index (χ3n) is 5.22. The van der Waals surface area contributed by atoms with Crippen LogP contribution in [0.25, 0.3) is 0 Å². The Morgan fingerprint density at radius 1 is 1.19 bits per heavy atom. The number of anilines is 1. The van der Waals surface area contributed by atoms with E-state index in [2.05, 4.69) is 25.9 Å². The molecule has 7 nitrogen and oxygen atoms in total. The Balaban J connectivity index is 1.49. The molecule has 0 bridgehead atoms. The maximum Gasteiger partial charge on any atom is 0.223 e. The van der Waals surface area contributed by atoms with Gasteiger partial charge in [-0.2, -0.15) is 0 Å². The lowest BCUT2D eigenvalue weighted by atomic mass is 9.85. The quantitative estimate of drug-likeness (QED) is 0.523. The van der Waals surface area contributed by atoms with E-state index in [-0.39, 0.29) is 17.9 Å². The van der Waals surface area contributed by atoms with Crippen molar-refractivity contribution in [3.63, 3.8) is 0 Å². The van der Waals surface area contributed by atoms with E-state index in [0.717, 1.165) is 56.0 Å². The van der Waals surface area contributed by atoms with Gasteiger partial charge in [-0.15, -0.1) is 0 Å². The monoisotopic (exact) mass is 372 g/mol. The fraction of sp³-hybridized carbons (Fsp3) is 0.650. The second kappa shape index (κ2) is 9.06. The van der Waals surface area contributed by atoms with Gasteiger partial charge in [0.05, 0.1) is 12.2 Å². The second-order valence-electron chi connectivity index (χ2n) is 7.79. The SMILES string of the molecule is CN=C(NCc1cccc(N(C)C)n1)NC1CCCC(C(=O)NC2CC2)C1. The molecule has 1 heterocycles. The van der Waals surface area contributed by atoms with Crippen molar-refractivity contribution in [1.29, 1.82) is 0 Å². The molecular formula is C20H32N6O. The molecule has 2 aliphatic carbocycles. The second-order valence-corrected chi connectivity index (χ2v) is 7.79. The summed E-state index contributed by atoms with van der Waals surface area (Å²) in [6.45, 7) is 0.611. The normalized spacial score (nSPS) is 22.9. The minimum absolute atomic E-state index is 0.119. The molecule has 148 valence electrons. The van der Waals surface area contributed by atoms with Gasteiger partial charge in [-0.05, 0) is 44.2 Å². The summed E-state index contributed by atoms with van der Waals surface area (Å²) >= 11 is 0. The number of aromatic nitrogens is 1. The molecule has 2 atom stereocenters. The van der Waals surface area contributed by atoms with E-state index in [1.807, 2.05) is 37.2 Å². The number of carbonyl (C=O) groups is 1. The lowest BCUT2D eigenvalue weighted by Crippen LogP contribution is -2.47. The first kappa shape index (κ1) is 19.5. The van der Waals surface area contributed by atoms with Crippen LogP contribution in [0.2, 0.25) is 0 Å². The molecule has 2 aliphatic rings. The summed E-state index contributed by atoms with van der Waals surface area (Å²) in [5, 5.41) is 9.98. The zero-order valence-corrected chi connectivity index (χ0v) is 16.7. The molecule has 2 saturated carbocycles. The van der Waals surface area contributed by atoms with E-state index >= 15 is 0 Å². The van der Waals surface area contributed by atoms with Gasteiger partial charge in [-0.1, -0.05) is 12.5 Å². The molecule has 3 rings (SSSR count). The number of nitrogens with zero attached hydrogens (tertiary/aromatic N) is 3. The Bertz CT molecular complexity index is 670. The minimum Gasteiger partial charge on any atom is -0.363 e. The number of hydrogen-bond acceptors (Lipinski definition) is 4. The fourth-order valence-corrected chi connectivity index (χ4v) is 3.48. The molecule has 1 aromatic heterocycles. The topological polar surface area (TPSA) is 81.7 Å². The first-order valence-electron chi connectivity index (χ1n) is 9.96. The highest BCUT2D eigenvalue weighted by Crippen LogP contribution is 2.26. The van der Waals surface area contributed by atoms with Gasteiger partial charge in [0.1, 0.15) is 5.82 Å². The predicted molar refractivity (Wildman–Crippen MR) is 109 cm³/mol. The van der Waals surface area contributed by atoms with E-state index in [4.69, 9.17) is 0 Å². The molecule has 1 amide bonds. The van der Waals surface area contributed by atoms with Gasteiger partial charge < -0.3 is 20.9 Å². The Morgan fingerprint density at radius 3 is 2.70 bits per heavy atom. The van der Waals surface area contributed by atoms with Gasteiger partial charge >= 0.3 is 0 Å². The predicted octanol–water partition coefficient (Wildman–Crippen LogP) is 1.65. The highest BCUT2D eigenvalue weighted by molar-refractivity contribution is 5.81. The molecule has 0 spiro atoms. The van der Waals surface area contributed by atoms with E-state index in [0.29, 0.717) is 12.6 Å². The molecule has 0 aliphatic heterocycles. The lowest BCUT2D eigenvalue weighted by molar-refractivity contribution is -0.126. The van der Waals surface area contributed by atoms with Crippen LogP contribution in [0.4, 0.5) is 5.82 Å². The highest BCUT2D eigenvalue weighted by atomic mass is 16.2. The molecule has 1 aromatic rings. The van der Waals surface area contributed by atoms with Gasteiger partial charge in [0, 0.05) is 39.1 Å². The summed E-state index contributed by atoms with van der Waals surface area (Å²) in [7, 11) is 5.75. The molecule has 7 heteroatoms. The lowest BCUT2D eigenvalue weighted by Gasteiger charge is -2.30. The Morgan fingerprint density at radius 2 is 2.00 bits per heavy atom. The Labute approximate surface area is 162 Å². The van der Waals surface area contributed by atoms with Crippen LogP contribution in [-0.4, -0.2) is 50.1 Å². The number of aliphatic imine (C=N–C) groups is 1. The summed E-state index contributed by atoms with van der Waals surface area (Å²) in [5.74, 6) is 2.05. The summed E-state index contributed by atoms with van der Waals surface area (Å²) in [4.78, 5) is 23.3. The number of hydrogen-bond donors (Lipinski definition) is 3. The third-order valence-corrected chi connectivity index (χ3v) is 5.22.